The standard InChI is InChI=1S/C3H3O4.Na/c4-2(5)1-3(6)7;/h1H,(H,4,5)(H,6,7);/q-1;+1/p-2. The SMILES string of the molecule is O=C([O-])[CH-]C(=O)[O-].[Na+]. The van der Waals surface area contributed by atoms with Crippen molar-refractivity contribution in [3.63, 3.8) is 0 Å². The van der Waals surface area contributed by atoms with Gasteiger partial charge in [-0.1, -0.05) is 11.9 Å². The van der Waals surface area contributed by atoms with Gasteiger partial charge in [0.1, 0.15) is 0 Å². The second-order valence-electron chi connectivity index (χ2n) is 0.782. The van der Waals surface area contributed by atoms with E-state index in [1.807, 2.05) is 0 Å². The summed E-state index contributed by atoms with van der Waals surface area (Å²) in [7, 11) is 0. The van der Waals surface area contributed by atoms with Crippen molar-refractivity contribution >= 4 is 11.9 Å². The number of hydrogen-bond donors (Lipinski definition) is 0. The van der Waals surface area contributed by atoms with Gasteiger partial charge in [0.25, 0.3) is 0 Å². The predicted octanol–water partition coefficient (Wildman–Crippen LogP) is -6.31. The molecule has 8 heavy (non-hydrogen) atoms. The van der Waals surface area contributed by atoms with E-state index in [1.54, 1.807) is 0 Å². The average Bonchev–Trinajstić information content (AvgIpc) is 1.27. The van der Waals surface area contributed by atoms with Crippen LogP contribution in [0.4, 0.5) is 0 Å². The average molecular weight is 124 g/mol. The molecule has 0 spiro atoms. The molecule has 40 valence electrons. The van der Waals surface area contributed by atoms with Crippen molar-refractivity contribution in [2.24, 2.45) is 0 Å². The smallest absolute Gasteiger partial charge is 0.584 e. The molecule has 0 aliphatic heterocycles. The van der Waals surface area contributed by atoms with Crippen LogP contribution in [0.3, 0.4) is 0 Å². The molecule has 4 nitrogen and oxygen atoms in total. The molecule has 0 aromatic carbocycles. The molecule has 0 radical (unpaired) electrons. The van der Waals surface area contributed by atoms with E-state index < -0.39 is 11.9 Å². The number of carboxylic acids is 2. The second-order valence-corrected chi connectivity index (χ2v) is 0.782. The zero-order valence-corrected chi connectivity index (χ0v) is 6.21. The van der Waals surface area contributed by atoms with Crippen molar-refractivity contribution in [2.75, 3.05) is 0 Å². The van der Waals surface area contributed by atoms with Gasteiger partial charge in [0, 0.05) is 0 Å². The van der Waals surface area contributed by atoms with Crippen molar-refractivity contribution in [3.8, 4) is 0 Å². The predicted molar refractivity (Wildman–Crippen MR) is 14.3 cm³/mol. The van der Waals surface area contributed by atoms with E-state index in [9.17, 15) is 19.8 Å². The van der Waals surface area contributed by atoms with Crippen LogP contribution in [0.25, 0.3) is 0 Å². The van der Waals surface area contributed by atoms with E-state index in [-0.39, 0.29) is 36.0 Å². The monoisotopic (exact) mass is 124 g/mol. The Morgan fingerprint density at radius 2 is 1.38 bits per heavy atom. The molecule has 0 aromatic rings. The molecule has 0 aliphatic carbocycles. The zero-order valence-electron chi connectivity index (χ0n) is 4.21. The van der Waals surface area contributed by atoms with Gasteiger partial charge in [-0.2, -0.15) is 0 Å². The van der Waals surface area contributed by atoms with Gasteiger partial charge in [0.2, 0.25) is 0 Å². The Morgan fingerprint density at radius 3 is 1.38 bits per heavy atom. The molecule has 0 aliphatic rings. The van der Waals surface area contributed by atoms with E-state index in [0.717, 1.165) is 0 Å². The molecule has 5 heteroatoms. The van der Waals surface area contributed by atoms with Crippen molar-refractivity contribution in [2.45, 2.75) is 0 Å². The minimum atomic E-state index is -1.75. The van der Waals surface area contributed by atoms with Gasteiger partial charge >= 0.3 is 29.6 Å². The summed E-state index contributed by atoms with van der Waals surface area (Å²) in [5.41, 5.74) is 0. The third-order valence-corrected chi connectivity index (χ3v) is 0.236. The van der Waals surface area contributed by atoms with Crippen LogP contribution in [0.5, 0.6) is 0 Å². The first-order valence-corrected chi connectivity index (χ1v) is 1.39. The fraction of sp³-hybridized carbons (Fsp3) is 0. The van der Waals surface area contributed by atoms with E-state index in [1.165, 1.54) is 0 Å². The number of aliphatic carboxylic acids is 2. The normalized spacial score (nSPS) is 6.50. The van der Waals surface area contributed by atoms with E-state index in [2.05, 4.69) is 0 Å². The third-order valence-electron chi connectivity index (χ3n) is 0.236. The van der Waals surface area contributed by atoms with Crippen LogP contribution in [-0.2, 0) is 9.59 Å². The minimum absolute atomic E-state index is 0. The first-order chi connectivity index (χ1) is 3.13. The van der Waals surface area contributed by atoms with E-state index in [4.69, 9.17) is 0 Å². The summed E-state index contributed by atoms with van der Waals surface area (Å²) < 4.78 is 0. The summed E-state index contributed by atoms with van der Waals surface area (Å²) in [5, 5.41) is 18.4. The van der Waals surface area contributed by atoms with Gasteiger partial charge in [-0.25, -0.2) is 0 Å². The number of rotatable bonds is 2. The van der Waals surface area contributed by atoms with E-state index >= 15 is 0 Å². The summed E-state index contributed by atoms with van der Waals surface area (Å²) in [5.74, 6) is -3.50. The molecule has 0 atom stereocenters. The molecule has 0 amide bonds. The molecule has 0 saturated heterocycles. The molecular formula is C3HNaO4-2. The molecule has 0 N–H and O–H groups in total. The summed E-state index contributed by atoms with van der Waals surface area (Å²) in [6.07, 6.45) is -0.0556. The van der Waals surface area contributed by atoms with Gasteiger partial charge in [0.15, 0.2) is 0 Å². The summed E-state index contributed by atoms with van der Waals surface area (Å²) in [6.45, 7) is 0. The molecule has 0 saturated carbocycles. The van der Waals surface area contributed by atoms with Gasteiger partial charge in [-0.05, 0) is 0 Å². The fourth-order valence-electron chi connectivity index (χ4n) is 0.0962. The van der Waals surface area contributed by atoms with Crippen LogP contribution in [0.1, 0.15) is 0 Å². The third kappa shape index (κ3) is 9.26. The minimum Gasteiger partial charge on any atom is -0.584 e. The Kier molecular flexibility index (Phi) is 6.65. The largest absolute Gasteiger partial charge is 1.00 e. The second kappa shape index (κ2) is 4.96. The summed E-state index contributed by atoms with van der Waals surface area (Å²) in [4.78, 5) is 18.4. The van der Waals surface area contributed by atoms with Crippen LogP contribution in [-0.4, -0.2) is 11.9 Å². The maximum atomic E-state index is 9.22. The molecule has 0 unspecified atom stereocenters. The van der Waals surface area contributed by atoms with Crippen LogP contribution in [0.2, 0.25) is 0 Å². The van der Waals surface area contributed by atoms with E-state index in [0.29, 0.717) is 0 Å². The number of carbonyl (C=O) groups excluding carboxylic acids is 2. The Bertz CT molecular complexity index is 87.5. The van der Waals surface area contributed by atoms with Crippen molar-refractivity contribution in [1.82, 2.24) is 0 Å². The summed E-state index contributed by atoms with van der Waals surface area (Å²) >= 11 is 0. The number of carboxylic acid groups (broad SMARTS) is 2. The van der Waals surface area contributed by atoms with Gasteiger partial charge in [-0.15, -0.1) is 0 Å². The van der Waals surface area contributed by atoms with Crippen LogP contribution < -0.4 is 39.8 Å². The number of hydrogen-bond acceptors (Lipinski definition) is 4. The zero-order chi connectivity index (χ0) is 5.86. The van der Waals surface area contributed by atoms with Crippen LogP contribution in [0, 0.1) is 6.42 Å². The van der Waals surface area contributed by atoms with Crippen molar-refractivity contribution in [1.29, 1.82) is 0 Å². The molecule has 0 fully saturated rings. The molecule has 0 rings (SSSR count). The Labute approximate surface area is 67.8 Å². The van der Waals surface area contributed by atoms with Crippen LogP contribution >= 0.6 is 0 Å². The molecule has 0 aromatic heterocycles. The Balaban J connectivity index is 0. The van der Waals surface area contributed by atoms with Gasteiger partial charge in [-0.3, -0.25) is 0 Å². The Morgan fingerprint density at radius 1 is 1.12 bits per heavy atom. The number of carbonyl (C=O) groups is 2. The van der Waals surface area contributed by atoms with Crippen molar-refractivity contribution in [3.05, 3.63) is 6.42 Å². The van der Waals surface area contributed by atoms with Crippen molar-refractivity contribution < 1.29 is 49.4 Å². The Hall–Kier alpha value is -0.190. The molecule has 0 bridgehead atoms. The molecule has 0 heterocycles. The maximum absolute atomic E-state index is 9.22. The molecular weight excluding hydrogens is 123 g/mol. The van der Waals surface area contributed by atoms with Gasteiger partial charge < -0.3 is 26.2 Å². The van der Waals surface area contributed by atoms with Crippen LogP contribution in [0.15, 0.2) is 0 Å². The quantitative estimate of drug-likeness (QED) is 0.208. The fourth-order valence-corrected chi connectivity index (χ4v) is 0.0962. The maximum Gasteiger partial charge on any atom is 1.00 e. The first-order valence-electron chi connectivity index (χ1n) is 1.39. The van der Waals surface area contributed by atoms with Gasteiger partial charge in [0.05, 0.1) is 0 Å². The summed E-state index contributed by atoms with van der Waals surface area (Å²) in [6, 6.07) is 0. The topological polar surface area (TPSA) is 80.3 Å². The first kappa shape index (κ1) is 10.7.